The number of benzene rings is 2. The highest BCUT2D eigenvalue weighted by Gasteiger charge is 2.01. The van der Waals surface area contributed by atoms with Gasteiger partial charge in [-0.3, -0.25) is 4.79 Å². The summed E-state index contributed by atoms with van der Waals surface area (Å²) in [5, 5.41) is 13.7. The molecule has 0 bridgehead atoms. The monoisotopic (exact) mass is 266 g/mol. The molecule has 0 aromatic heterocycles. The van der Waals surface area contributed by atoms with Crippen molar-refractivity contribution >= 4 is 16.7 Å². The number of amides is 1. The summed E-state index contributed by atoms with van der Waals surface area (Å²) in [4.78, 5) is 11.4. The zero-order valence-corrected chi connectivity index (χ0v) is 11.6. The van der Waals surface area contributed by atoms with Crippen molar-refractivity contribution in [3.63, 3.8) is 0 Å². The number of rotatable bonds is 5. The molecule has 1 amide bonds. The van der Waals surface area contributed by atoms with Gasteiger partial charge in [0.05, 0.1) is 6.07 Å². The SMILES string of the molecule is Cc1ccc2cc(CCNC(=O)CCC#N)ccc2c1. The summed E-state index contributed by atoms with van der Waals surface area (Å²) in [5.41, 5.74) is 2.47. The lowest BCUT2D eigenvalue weighted by molar-refractivity contribution is -0.120. The number of fused-ring (bicyclic) bond motifs is 1. The molecule has 1 N–H and O–H groups in total. The molecule has 0 aliphatic rings. The minimum atomic E-state index is -0.0528. The van der Waals surface area contributed by atoms with Gasteiger partial charge in [-0.2, -0.15) is 5.26 Å². The molecule has 3 nitrogen and oxygen atoms in total. The molecule has 0 heterocycles. The van der Waals surface area contributed by atoms with Crippen LogP contribution >= 0.6 is 0 Å². The van der Waals surface area contributed by atoms with E-state index in [0.717, 1.165) is 6.42 Å². The molecule has 102 valence electrons. The van der Waals surface area contributed by atoms with E-state index in [2.05, 4.69) is 48.6 Å². The number of carbonyl (C=O) groups is 1. The second kappa shape index (κ2) is 6.72. The lowest BCUT2D eigenvalue weighted by atomic mass is 10.0. The van der Waals surface area contributed by atoms with Crippen LogP contribution in [-0.2, 0) is 11.2 Å². The molecule has 0 spiro atoms. The Morgan fingerprint density at radius 2 is 1.95 bits per heavy atom. The minimum absolute atomic E-state index is 0.0528. The van der Waals surface area contributed by atoms with Crippen molar-refractivity contribution in [1.82, 2.24) is 5.32 Å². The van der Waals surface area contributed by atoms with Crippen LogP contribution in [0.4, 0.5) is 0 Å². The van der Waals surface area contributed by atoms with Crippen molar-refractivity contribution < 1.29 is 4.79 Å². The molecule has 0 unspecified atom stereocenters. The smallest absolute Gasteiger partial charge is 0.221 e. The molecule has 0 atom stereocenters. The molecule has 0 fully saturated rings. The Kier molecular flexibility index (Phi) is 4.73. The molecule has 0 saturated carbocycles. The second-order valence-electron chi connectivity index (χ2n) is 4.94. The quantitative estimate of drug-likeness (QED) is 0.904. The molecule has 0 radical (unpaired) electrons. The second-order valence-corrected chi connectivity index (χ2v) is 4.94. The average molecular weight is 266 g/mol. The highest BCUT2D eigenvalue weighted by atomic mass is 16.1. The normalized spacial score (nSPS) is 10.2. The molecule has 0 aliphatic carbocycles. The summed E-state index contributed by atoms with van der Waals surface area (Å²) >= 11 is 0. The van der Waals surface area contributed by atoms with E-state index in [9.17, 15) is 4.79 Å². The van der Waals surface area contributed by atoms with Gasteiger partial charge in [0.25, 0.3) is 0 Å². The molecule has 0 aliphatic heterocycles. The van der Waals surface area contributed by atoms with Crippen LogP contribution in [0.2, 0.25) is 0 Å². The first-order chi connectivity index (χ1) is 9.69. The van der Waals surface area contributed by atoms with E-state index in [1.807, 2.05) is 6.07 Å². The number of nitrogens with zero attached hydrogens (tertiary/aromatic N) is 1. The summed E-state index contributed by atoms with van der Waals surface area (Å²) in [6.45, 7) is 2.70. The number of aryl methyl sites for hydroxylation is 1. The van der Waals surface area contributed by atoms with Gasteiger partial charge in [-0.15, -0.1) is 0 Å². The molecule has 2 aromatic rings. The predicted octanol–water partition coefficient (Wildman–Crippen LogP) is 3.11. The topological polar surface area (TPSA) is 52.9 Å². The van der Waals surface area contributed by atoms with Gasteiger partial charge in [-0.05, 0) is 29.7 Å². The Balaban J connectivity index is 1.92. The lowest BCUT2D eigenvalue weighted by Crippen LogP contribution is -2.25. The molecule has 2 aromatic carbocycles. The highest BCUT2D eigenvalue weighted by molar-refractivity contribution is 5.83. The van der Waals surface area contributed by atoms with Crippen LogP contribution in [-0.4, -0.2) is 12.5 Å². The van der Waals surface area contributed by atoms with Gasteiger partial charge in [-0.1, -0.05) is 42.0 Å². The zero-order chi connectivity index (χ0) is 14.4. The van der Waals surface area contributed by atoms with Crippen LogP contribution in [0.3, 0.4) is 0 Å². The fourth-order valence-corrected chi connectivity index (χ4v) is 2.17. The highest BCUT2D eigenvalue weighted by Crippen LogP contribution is 2.17. The largest absolute Gasteiger partial charge is 0.356 e. The summed E-state index contributed by atoms with van der Waals surface area (Å²) in [6, 6.07) is 14.8. The van der Waals surface area contributed by atoms with E-state index in [4.69, 9.17) is 5.26 Å². The van der Waals surface area contributed by atoms with Gasteiger partial charge >= 0.3 is 0 Å². The van der Waals surface area contributed by atoms with E-state index < -0.39 is 0 Å². The molecule has 3 heteroatoms. The van der Waals surface area contributed by atoms with Gasteiger partial charge in [-0.25, -0.2) is 0 Å². The van der Waals surface area contributed by atoms with Crippen LogP contribution in [0, 0.1) is 18.3 Å². The predicted molar refractivity (Wildman–Crippen MR) is 80.2 cm³/mol. The van der Waals surface area contributed by atoms with Crippen molar-refractivity contribution in [2.75, 3.05) is 6.54 Å². The number of nitriles is 1. The van der Waals surface area contributed by atoms with Crippen LogP contribution in [0.25, 0.3) is 10.8 Å². The fraction of sp³-hybridized carbons (Fsp3) is 0.294. The average Bonchev–Trinajstić information content (AvgIpc) is 2.45. The van der Waals surface area contributed by atoms with Crippen LogP contribution in [0.1, 0.15) is 24.0 Å². The third kappa shape index (κ3) is 3.83. The van der Waals surface area contributed by atoms with E-state index >= 15 is 0 Å². The third-order valence-electron chi connectivity index (χ3n) is 3.26. The molecule has 2 rings (SSSR count). The number of hydrogen-bond donors (Lipinski definition) is 1. The third-order valence-corrected chi connectivity index (χ3v) is 3.26. The molecule has 0 saturated heterocycles. The van der Waals surface area contributed by atoms with Crippen LogP contribution in [0.15, 0.2) is 36.4 Å². The minimum Gasteiger partial charge on any atom is -0.356 e. The summed E-state index contributed by atoms with van der Waals surface area (Å²) in [5.74, 6) is -0.0528. The van der Waals surface area contributed by atoms with Gasteiger partial charge in [0.2, 0.25) is 5.91 Å². The maximum Gasteiger partial charge on any atom is 0.221 e. The standard InChI is InChI=1S/C17H18N2O/c1-13-4-6-16-12-14(5-7-15(16)11-13)8-10-19-17(20)3-2-9-18/h4-7,11-12H,2-3,8,10H2,1H3,(H,19,20). The molecule has 20 heavy (non-hydrogen) atoms. The summed E-state index contributed by atoms with van der Waals surface area (Å²) in [7, 11) is 0. The Hall–Kier alpha value is -2.34. The maximum absolute atomic E-state index is 11.4. The van der Waals surface area contributed by atoms with Crippen molar-refractivity contribution in [3.05, 3.63) is 47.5 Å². The van der Waals surface area contributed by atoms with Crippen molar-refractivity contribution in [3.8, 4) is 6.07 Å². The van der Waals surface area contributed by atoms with E-state index in [1.165, 1.54) is 21.9 Å². The first-order valence-electron chi connectivity index (χ1n) is 6.82. The lowest BCUT2D eigenvalue weighted by Gasteiger charge is -2.06. The van der Waals surface area contributed by atoms with Gasteiger partial charge in [0.15, 0.2) is 0 Å². The van der Waals surface area contributed by atoms with Crippen molar-refractivity contribution in [2.45, 2.75) is 26.2 Å². The van der Waals surface area contributed by atoms with Crippen molar-refractivity contribution in [1.29, 1.82) is 5.26 Å². The van der Waals surface area contributed by atoms with Crippen LogP contribution < -0.4 is 5.32 Å². The maximum atomic E-state index is 11.4. The van der Waals surface area contributed by atoms with E-state index in [1.54, 1.807) is 0 Å². The Morgan fingerprint density at radius 3 is 2.75 bits per heavy atom. The van der Waals surface area contributed by atoms with E-state index in [-0.39, 0.29) is 18.7 Å². The van der Waals surface area contributed by atoms with Crippen molar-refractivity contribution in [2.24, 2.45) is 0 Å². The zero-order valence-electron chi connectivity index (χ0n) is 11.6. The number of nitrogens with one attached hydrogen (secondary N) is 1. The molecular formula is C17H18N2O. The number of hydrogen-bond acceptors (Lipinski definition) is 2. The van der Waals surface area contributed by atoms with Gasteiger partial charge in [0.1, 0.15) is 0 Å². The Labute approximate surface area is 119 Å². The van der Waals surface area contributed by atoms with E-state index in [0.29, 0.717) is 6.54 Å². The molecular weight excluding hydrogens is 248 g/mol. The van der Waals surface area contributed by atoms with Gasteiger partial charge in [0, 0.05) is 19.4 Å². The van der Waals surface area contributed by atoms with Gasteiger partial charge < -0.3 is 5.32 Å². The summed E-state index contributed by atoms with van der Waals surface area (Å²) in [6.07, 6.45) is 1.37. The Bertz CT molecular complexity index is 656. The Morgan fingerprint density at radius 1 is 1.20 bits per heavy atom. The fourth-order valence-electron chi connectivity index (χ4n) is 2.17. The first kappa shape index (κ1) is 14.1. The number of carbonyl (C=O) groups excluding carboxylic acids is 1. The first-order valence-corrected chi connectivity index (χ1v) is 6.82. The summed E-state index contributed by atoms with van der Waals surface area (Å²) < 4.78 is 0. The van der Waals surface area contributed by atoms with Crippen LogP contribution in [0.5, 0.6) is 0 Å².